The highest BCUT2D eigenvalue weighted by molar-refractivity contribution is 6.30. The fourth-order valence-corrected chi connectivity index (χ4v) is 1.54. The van der Waals surface area contributed by atoms with Crippen molar-refractivity contribution < 1.29 is 9.84 Å². The maximum absolute atomic E-state index is 10.1. The first-order valence-corrected chi connectivity index (χ1v) is 5.25. The lowest BCUT2D eigenvalue weighted by Crippen LogP contribution is -2.18. The van der Waals surface area contributed by atoms with Gasteiger partial charge in [-0.2, -0.15) is 0 Å². The Morgan fingerprint density at radius 3 is 2.40 bits per heavy atom. The third-order valence-electron chi connectivity index (χ3n) is 2.31. The van der Waals surface area contributed by atoms with Gasteiger partial charge >= 0.3 is 0 Å². The molecule has 0 amide bonds. The van der Waals surface area contributed by atoms with E-state index < -0.39 is 6.10 Å². The molecule has 3 heteroatoms. The van der Waals surface area contributed by atoms with E-state index in [-0.39, 0.29) is 5.41 Å². The molecule has 0 saturated carbocycles. The number of hydrogen-bond acceptors (Lipinski definition) is 2. The molecule has 15 heavy (non-hydrogen) atoms. The van der Waals surface area contributed by atoms with Gasteiger partial charge in [-0.3, -0.25) is 0 Å². The Balaban J connectivity index is 3.14. The van der Waals surface area contributed by atoms with Gasteiger partial charge in [0, 0.05) is 10.6 Å². The number of benzene rings is 1. The van der Waals surface area contributed by atoms with Gasteiger partial charge in [0.1, 0.15) is 5.75 Å². The second-order valence-electron chi connectivity index (χ2n) is 4.65. The Bertz CT molecular complexity index is 342. The third-order valence-corrected chi connectivity index (χ3v) is 2.55. The maximum Gasteiger partial charge on any atom is 0.126 e. The van der Waals surface area contributed by atoms with Crippen LogP contribution in [0.2, 0.25) is 5.02 Å². The molecule has 1 rings (SSSR count). The van der Waals surface area contributed by atoms with E-state index in [2.05, 4.69) is 0 Å². The normalized spacial score (nSPS) is 13.7. The van der Waals surface area contributed by atoms with Gasteiger partial charge in [0.05, 0.1) is 13.2 Å². The number of hydrogen-bond donors (Lipinski definition) is 1. The average molecular weight is 229 g/mol. The molecule has 0 bridgehead atoms. The summed E-state index contributed by atoms with van der Waals surface area (Å²) in [4.78, 5) is 0. The summed E-state index contributed by atoms with van der Waals surface area (Å²) >= 11 is 5.85. The van der Waals surface area contributed by atoms with Crippen LogP contribution in [0, 0.1) is 5.41 Å². The monoisotopic (exact) mass is 228 g/mol. The highest BCUT2D eigenvalue weighted by Gasteiger charge is 2.26. The van der Waals surface area contributed by atoms with Crippen LogP contribution in [0.5, 0.6) is 5.75 Å². The first-order chi connectivity index (χ1) is 6.86. The van der Waals surface area contributed by atoms with Gasteiger partial charge in [-0.1, -0.05) is 38.4 Å². The van der Waals surface area contributed by atoms with Crippen molar-refractivity contribution in [3.8, 4) is 5.75 Å². The van der Waals surface area contributed by atoms with E-state index in [9.17, 15) is 5.11 Å². The zero-order chi connectivity index (χ0) is 11.6. The van der Waals surface area contributed by atoms with Crippen LogP contribution in [-0.4, -0.2) is 12.2 Å². The molecule has 0 saturated heterocycles. The van der Waals surface area contributed by atoms with Gasteiger partial charge in [0.25, 0.3) is 0 Å². The number of halogens is 1. The van der Waals surface area contributed by atoms with E-state index in [0.717, 1.165) is 5.56 Å². The van der Waals surface area contributed by atoms with Crippen LogP contribution in [0.25, 0.3) is 0 Å². The van der Waals surface area contributed by atoms with Gasteiger partial charge in [-0.25, -0.2) is 0 Å². The lowest BCUT2D eigenvalue weighted by Gasteiger charge is -2.27. The molecular weight excluding hydrogens is 212 g/mol. The molecule has 0 aliphatic carbocycles. The summed E-state index contributed by atoms with van der Waals surface area (Å²) in [5, 5.41) is 10.7. The predicted molar refractivity (Wildman–Crippen MR) is 62.4 cm³/mol. The zero-order valence-electron chi connectivity index (χ0n) is 9.54. The Hall–Kier alpha value is -0.730. The summed E-state index contributed by atoms with van der Waals surface area (Å²) < 4.78 is 5.20. The van der Waals surface area contributed by atoms with Crippen LogP contribution in [0.4, 0.5) is 0 Å². The molecule has 0 aliphatic heterocycles. The number of rotatable bonds is 2. The van der Waals surface area contributed by atoms with Crippen molar-refractivity contribution in [3.05, 3.63) is 28.8 Å². The third kappa shape index (κ3) is 2.86. The molecule has 0 aliphatic rings. The number of aliphatic hydroxyl groups is 1. The average Bonchev–Trinajstić information content (AvgIpc) is 2.15. The molecule has 0 radical (unpaired) electrons. The second-order valence-corrected chi connectivity index (χ2v) is 5.09. The summed E-state index contributed by atoms with van der Waals surface area (Å²) in [6.07, 6.45) is -0.565. The lowest BCUT2D eigenvalue weighted by atomic mass is 9.84. The van der Waals surface area contributed by atoms with Crippen LogP contribution >= 0.6 is 11.6 Å². The van der Waals surface area contributed by atoms with Crippen molar-refractivity contribution >= 4 is 11.6 Å². The summed E-state index contributed by atoms with van der Waals surface area (Å²) in [6, 6.07) is 5.28. The molecule has 1 atom stereocenters. The van der Waals surface area contributed by atoms with E-state index in [1.54, 1.807) is 25.3 Å². The minimum Gasteiger partial charge on any atom is -0.496 e. The van der Waals surface area contributed by atoms with E-state index in [1.165, 1.54) is 0 Å². The van der Waals surface area contributed by atoms with Crippen molar-refractivity contribution in [2.24, 2.45) is 5.41 Å². The van der Waals surface area contributed by atoms with Gasteiger partial charge in [-0.15, -0.1) is 0 Å². The van der Waals surface area contributed by atoms with Crippen molar-refractivity contribution in [2.45, 2.75) is 26.9 Å². The van der Waals surface area contributed by atoms with Gasteiger partial charge in [-0.05, 0) is 17.5 Å². The summed E-state index contributed by atoms with van der Waals surface area (Å²) in [7, 11) is 1.57. The minimum atomic E-state index is -0.565. The second kappa shape index (κ2) is 4.42. The molecule has 1 aromatic rings. The van der Waals surface area contributed by atoms with Crippen molar-refractivity contribution in [3.63, 3.8) is 0 Å². The number of methoxy groups -OCH3 is 1. The minimum absolute atomic E-state index is 0.221. The Morgan fingerprint density at radius 2 is 1.93 bits per heavy atom. The summed E-state index contributed by atoms with van der Waals surface area (Å²) in [5.41, 5.74) is 0.551. The topological polar surface area (TPSA) is 29.5 Å². The maximum atomic E-state index is 10.1. The number of ether oxygens (including phenoxy) is 1. The van der Waals surface area contributed by atoms with E-state index in [0.29, 0.717) is 10.8 Å². The number of aliphatic hydroxyl groups excluding tert-OH is 1. The van der Waals surface area contributed by atoms with Crippen LogP contribution in [-0.2, 0) is 0 Å². The van der Waals surface area contributed by atoms with Gasteiger partial charge in [0.15, 0.2) is 0 Å². The molecule has 0 spiro atoms. The van der Waals surface area contributed by atoms with Crippen molar-refractivity contribution in [1.29, 1.82) is 0 Å². The van der Waals surface area contributed by atoms with Crippen LogP contribution < -0.4 is 4.74 Å². The zero-order valence-corrected chi connectivity index (χ0v) is 10.3. The Morgan fingerprint density at radius 1 is 1.33 bits per heavy atom. The standard InChI is InChI=1S/C12H17ClO2/c1-12(2,3)11(14)9-6-5-8(13)7-10(9)15-4/h5-7,11,14H,1-4H3. The molecule has 1 aromatic carbocycles. The quantitative estimate of drug-likeness (QED) is 0.841. The summed E-state index contributed by atoms with van der Waals surface area (Å²) in [5.74, 6) is 0.630. The highest BCUT2D eigenvalue weighted by Crippen LogP contribution is 2.38. The molecule has 84 valence electrons. The largest absolute Gasteiger partial charge is 0.496 e. The predicted octanol–water partition coefficient (Wildman–Crippen LogP) is 3.43. The molecular formula is C12H17ClO2. The van der Waals surface area contributed by atoms with Crippen molar-refractivity contribution in [1.82, 2.24) is 0 Å². The van der Waals surface area contributed by atoms with E-state index in [4.69, 9.17) is 16.3 Å². The Kier molecular flexibility index (Phi) is 3.63. The lowest BCUT2D eigenvalue weighted by molar-refractivity contribution is 0.0604. The first-order valence-electron chi connectivity index (χ1n) is 4.87. The van der Waals surface area contributed by atoms with Gasteiger partial charge < -0.3 is 9.84 Å². The SMILES string of the molecule is COc1cc(Cl)ccc1C(O)C(C)(C)C. The first kappa shape index (κ1) is 12.3. The molecule has 0 aromatic heterocycles. The van der Waals surface area contributed by atoms with Crippen LogP contribution in [0.3, 0.4) is 0 Å². The smallest absolute Gasteiger partial charge is 0.126 e. The van der Waals surface area contributed by atoms with E-state index in [1.807, 2.05) is 20.8 Å². The van der Waals surface area contributed by atoms with Crippen LogP contribution in [0.1, 0.15) is 32.4 Å². The van der Waals surface area contributed by atoms with Gasteiger partial charge in [0.2, 0.25) is 0 Å². The molecule has 0 heterocycles. The molecule has 1 unspecified atom stereocenters. The highest BCUT2D eigenvalue weighted by atomic mass is 35.5. The Labute approximate surface area is 95.8 Å². The molecule has 2 nitrogen and oxygen atoms in total. The summed E-state index contributed by atoms with van der Waals surface area (Å²) in [6.45, 7) is 5.93. The fraction of sp³-hybridized carbons (Fsp3) is 0.500. The fourth-order valence-electron chi connectivity index (χ4n) is 1.38. The van der Waals surface area contributed by atoms with Crippen molar-refractivity contribution in [2.75, 3.05) is 7.11 Å². The van der Waals surface area contributed by atoms with Crippen LogP contribution in [0.15, 0.2) is 18.2 Å². The molecule has 1 N–H and O–H groups in total. The van der Waals surface area contributed by atoms with E-state index >= 15 is 0 Å². The molecule has 0 fully saturated rings.